The zero-order valence-corrected chi connectivity index (χ0v) is 12.6. The van der Waals surface area contributed by atoms with Crippen LogP contribution >= 0.6 is 23.2 Å². The van der Waals surface area contributed by atoms with Crippen molar-refractivity contribution in [2.24, 2.45) is 0 Å². The van der Waals surface area contributed by atoms with E-state index in [1.807, 2.05) is 0 Å². The standard InChI is InChI=1S/C11H21Cl2NO4/c1-7(12)9(17-3)5-14(11(15)16)6-10(18-4)8(2)13/h7-10H,5-6H2,1-4H3,(H,15,16). The minimum absolute atomic E-state index is 0.181. The molecule has 1 amide bonds. The van der Waals surface area contributed by atoms with Gasteiger partial charge in [-0.1, -0.05) is 0 Å². The Balaban J connectivity index is 4.61. The minimum atomic E-state index is -1.05. The highest BCUT2D eigenvalue weighted by molar-refractivity contribution is 6.21. The molecule has 108 valence electrons. The molecule has 7 heteroatoms. The lowest BCUT2D eigenvalue weighted by Crippen LogP contribution is -2.46. The van der Waals surface area contributed by atoms with Gasteiger partial charge in [0, 0.05) is 14.2 Å². The average Bonchev–Trinajstić information content (AvgIpc) is 2.27. The Kier molecular flexibility index (Phi) is 8.69. The fourth-order valence-corrected chi connectivity index (χ4v) is 1.84. The van der Waals surface area contributed by atoms with Gasteiger partial charge in [-0.15, -0.1) is 23.2 Å². The van der Waals surface area contributed by atoms with E-state index < -0.39 is 6.09 Å². The predicted octanol–water partition coefficient (Wildman–Crippen LogP) is 2.25. The molecule has 0 saturated carbocycles. The summed E-state index contributed by atoms with van der Waals surface area (Å²) in [4.78, 5) is 12.4. The highest BCUT2D eigenvalue weighted by Crippen LogP contribution is 2.12. The molecule has 0 spiro atoms. The molecule has 0 aromatic rings. The second-order valence-corrected chi connectivity index (χ2v) is 5.47. The number of hydrogen-bond donors (Lipinski definition) is 1. The molecule has 18 heavy (non-hydrogen) atoms. The lowest BCUT2D eigenvalue weighted by Gasteiger charge is -2.29. The lowest BCUT2D eigenvalue weighted by molar-refractivity contribution is 0.0292. The summed E-state index contributed by atoms with van der Waals surface area (Å²) in [7, 11) is 3.00. The van der Waals surface area contributed by atoms with Gasteiger partial charge in [0.2, 0.25) is 0 Å². The number of carboxylic acid groups (broad SMARTS) is 1. The molecule has 4 unspecified atom stereocenters. The van der Waals surface area contributed by atoms with Crippen LogP contribution in [0.2, 0.25) is 0 Å². The number of rotatable bonds is 8. The largest absolute Gasteiger partial charge is 0.465 e. The van der Waals surface area contributed by atoms with E-state index in [1.165, 1.54) is 19.1 Å². The van der Waals surface area contributed by atoms with Crippen molar-refractivity contribution >= 4 is 29.3 Å². The van der Waals surface area contributed by atoms with Crippen LogP contribution in [-0.2, 0) is 9.47 Å². The van der Waals surface area contributed by atoms with Crippen LogP contribution in [0, 0.1) is 0 Å². The quantitative estimate of drug-likeness (QED) is 0.699. The van der Waals surface area contributed by atoms with Crippen molar-refractivity contribution in [1.29, 1.82) is 0 Å². The number of methoxy groups -OCH3 is 2. The van der Waals surface area contributed by atoms with Gasteiger partial charge in [-0.25, -0.2) is 4.79 Å². The maximum atomic E-state index is 11.2. The molecule has 5 nitrogen and oxygen atoms in total. The molecule has 0 bridgehead atoms. The van der Waals surface area contributed by atoms with Crippen molar-refractivity contribution in [3.8, 4) is 0 Å². The Morgan fingerprint density at radius 1 is 1.11 bits per heavy atom. The highest BCUT2D eigenvalue weighted by atomic mass is 35.5. The van der Waals surface area contributed by atoms with E-state index in [0.29, 0.717) is 0 Å². The lowest BCUT2D eigenvalue weighted by atomic mass is 10.2. The first kappa shape index (κ1) is 17.8. The molecule has 0 heterocycles. The van der Waals surface area contributed by atoms with E-state index in [-0.39, 0.29) is 36.1 Å². The van der Waals surface area contributed by atoms with Crippen molar-refractivity contribution < 1.29 is 19.4 Å². The fourth-order valence-electron chi connectivity index (χ4n) is 1.48. The van der Waals surface area contributed by atoms with Gasteiger partial charge in [0.1, 0.15) is 0 Å². The van der Waals surface area contributed by atoms with Gasteiger partial charge in [-0.05, 0) is 13.8 Å². The number of alkyl halides is 2. The van der Waals surface area contributed by atoms with Crippen molar-refractivity contribution in [2.75, 3.05) is 27.3 Å². The van der Waals surface area contributed by atoms with Gasteiger partial charge in [0.25, 0.3) is 0 Å². The van der Waals surface area contributed by atoms with Crippen LogP contribution in [0.4, 0.5) is 4.79 Å². The van der Waals surface area contributed by atoms with E-state index in [4.69, 9.17) is 37.8 Å². The van der Waals surface area contributed by atoms with E-state index in [0.717, 1.165) is 0 Å². The molecule has 4 atom stereocenters. The van der Waals surface area contributed by atoms with E-state index in [1.54, 1.807) is 13.8 Å². The molecule has 0 radical (unpaired) electrons. The van der Waals surface area contributed by atoms with Crippen LogP contribution in [0.1, 0.15) is 13.8 Å². The normalized spacial score (nSPS) is 17.9. The monoisotopic (exact) mass is 301 g/mol. The number of hydrogen-bond acceptors (Lipinski definition) is 3. The van der Waals surface area contributed by atoms with Crippen LogP contribution in [0.25, 0.3) is 0 Å². The van der Waals surface area contributed by atoms with Gasteiger partial charge in [-0.2, -0.15) is 0 Å². The molecule has 0 aromatic carbocycles. The summed E-state index contributed by atoms with van der Waals surface area (Å²) in [6, 6.07) is 0. The Bertz CT molecular complexity index is 233. The summed E-state index contributed by atoms with van der Waals surface area (Å²) >= 11 is 11.8. The van der Waals surface area contributed by atoms with E-state index in [9.17, 15) is 4.79 Å². The number of nitrogens with zero attached hydrogens (tertiary/aromatic N) is 1. The summed E-state index contributed by atoms with van der Waals surface area (Å²) in [5.74, 6) is 0. The first-order chi connectivity index (χ1) is 8.33. The Morgan fingerprint density at radius 3 is 1.61 bits per heavy atom. The van der Waals surface area contributed by atoms with Crippen molar-refractivity contribution in [3.05, 3.63) is 0 Å². The molecule has 0 aliphatic rings. The second kappa shape index (κ2) is 8.80. The second-order valence-electron chi connectivity index (χ2n) is 4.09. The minimum Gasteiger partial charge on any atom is -0.465 e. The summed E-state index contributed by atoms with van der Waals surface area (Å²) in [6.07, 6.45) is -1.79. The molecule has 0 aliphatic heterocycles. The first-order valence-corrected chi connectivity index (χ1v) is 6.52. The van der Waals surface area contributed by atoms with Crippen molar-refractivity contribution in [1.82, 2.24) is 4.90 Å². The number of carbonyl (C=O) groups is 1. The summed E-state index contributed by atoms with van der Waals surface area (Å²) in [6.45, 7) is 3.88. The van der Waals surface area contributed by atoms with Gasteiger partial charge in [0.15, 0.2) is 0 Å². The molecule has 0 rings (SSSR count). The SMILES string of the molecule is COC(CN(CC(OC)C(C)Cl)C(=O)O)C(C)Cl. The zero-order valence-electron chi connectivity index (χ0n) is 11.1. The Morgan fingerprint density at radius 2 is 1.44 bits per heavy atom. The van der Waals surface area contributed by atoms with Gasteiger partial charge < -0.3 is 19.5 Å². The topological polar surface area (TPSA) is 59.0 Å². The number of amides is 1. The van der Waals surface area contributed by atoms with Gasteiger partial charge >= 0.3 is 6.09 Å². The molecule has 1 N–H and O–H groups in total. The molecule has 0 aliphatic carbocycles. The van der Waals surface area contributed by atoms with Gasteiger partial charge in [-0.3, -0.25) is 0 Å². The van der Waals surface area contributed by atoms with Crippen LogP contribution in [0.5, 0.6) is 0 Å². The third-order valence-electron chi connectivity index (χ3n) is 2.70. The smallest absolute Gasteiger partial charge is 0.407 e. The molecule has 0 aromatic heterocycles. The van der Waals surface area contributed by atoms with Crippen LogP contribution in [0.15, 0.2) is 0 Å². The number of ether oxygens (including phenoxy) is 2. The Labute approximate surface area is 118 Å². The molecular formula is C11H21Cl2NO4. The zero-order chi connectivity index (χ0) is 14.3. The van der Waals surface area contributed by atoms with Crippen molar-refractivity contribution in [3.63, 3.8) is 0 Å². The number of halogens is 2. The first-order valence-electron chi connectivity index (χ1n) is 5.65. The third-order valence-corrected chi connectivity index (χ3v) is 3.26. The molecule has 0 saturated heterocycles. The van der Waals surface area contributed by atoms with Crippen molar-refractivity contribution in [2.45, 2.75) is 36.8 Å². The Hall–Kier alpha value is -0.230. The maximum Gasteiger partial charge on any atom is 0.407 e. The molecule has 0 fully saturated rings. The van der Waals surface area contributed by atoms with E-state index in [2.05, 4.69) is 0 Å². The summed E-state index contributed by atoms with van der Waals surface area (Å²) in [5.41, 5.74) is 0. The van der Waals surface area contributed by atoms with Crippen LogP contribution in [-0.4, -0.2) is 66.4 Å². The van der Waals surface area contributed by atoms with Crippen LogP contribution < -0.4 is 0 Å². The molecular weight excluding hydrogens is 281 g/mol. The van der Waals surface area contributed by atoms with Crippen LogP contribution in [0.3, 0.4) is 0 Å². The maximum absolute atomic E-state index is 11.2. The van der Waals surface area contributed by atoms with Gasteiger partial charge in [0.05, 0.1) is 36.1 Å². The fraction of sp³-hybridized carbons (Fsp3) is 0.909. The predicted molar refractivity (Wildman–Crippen MR) is 71.8 cm³/mol. The average molecular weight is 302 g/mol. The highest BCUT2D eigenvalue weighted by Gasteiger charge is 2.26. The summed E-state index contributed by atoms with van der Waals surface area (Å²) in [5, 5.41) is 8.58. The third kappa shape index (κ3) is 6.09. The van der Waals surface area contributed by atoms with E-state index >= 15 is 0 Å². The summed E-state index contributed by atoms with van der Waals surface area (Å²) < 4.78 is 10.3.